The first-order valence-corrected chi connectivity index (χ1v) is 6.84. The summed E-state index contributed by atoms with van der Waals surface area (Å²) in [6, 6.07) is 10.2. The summed E-state index contributed by atoms with van der Waals surface area (Å²) in [7, 11) is 0. The minimum atomic E-state index is -0.379. The van der Waals surface area contributed by atoms with Crippen LogP contribution >= 0.6 is 0 Å². The van der Waals surface area contributed by atoms with E-state index in [0.29, 0.717) is 13.0 Å². The topological polar surface area (TPSA) is 61.4 Å². The fraction of sp³-hybridized carbons (Fsp3) is 0.533. The van der Waals surface area contributed by atoms with Crippen molar-refractivity contribution >= 4 is 6.03 Å². The van der Waals surface area contributed by atoms with Crippen LogP contribution < -0.4 is 10.6 Å². The predicted molar refractivity (Wildman–Crippen MR) is 77.1 cm³/mol. The zero-order valence-electron chi connectivity index (χ0n) is 11.7. The SMILES string of the molecule is CC(O)CCNC(=O)NC(C)CCc1ccccc1. The van der Waals surface area contributed by atoms with E-state index in [-0.39, 0.29) is 18.2 Å². The lowest BCUT2D eigenvalue weighted by atomic mass is 10.1. The summed E-state index contributed by atoms with van der Waals surface area (Å²) >= 11 is 0. The largest absolute Gasteiger partial charge is 0.393 e. The molecule has 0 saturated heterocycles. The van der Waals surface area contributed by atoms with Crippen LogP contribution in [0.2, 0.25) is 0 Å². The number of urea groups is 1. The summed E-state index contributed by atoms with van der Waals surface area (Å²) in [5, 5.41) is 14.7. The van der Waals surface area contributed by atoms with Crippen LogP contribution in [0.3, 0.4) is 0 Å². The van der Waals surface area contributed by atoms with Crippen LogP contribution in [0, 0.1) is 0 Å². The molecule has 0 fully saturated rings. The van der Waals surface area contributed by atoms with Crippen LogP contribution in [-0.4, -0.2) is 29.8 Å². The molecular weight excluding hydrogens is 240 g/mol. The van der Waals surface area contributed by atoms with Gasteiger partial charge in [-0.05, 0) is 38.7 Å². The monoisotopic (exact) mass is 264 g/mol. The summed E-state index contributed by atoms with van der Waals surface area (Å²) in [4.78, 5) is 11.5. The number of aliphatic hydroxyl groups is 1. The third-order valence-electron chi connectivity index (χ3n) is 2.93. The molecule has 0 aliphatic carbocycles. The number of nitrogens with one attached hydrogen (secondary N) is 2. The third kappa shape index (κ3) is 7.47. The zero-order chi connectivity index (χ0) is 14.1. The van der Waals surface area contributed by atoms with Gasteiger partial charge in [-0.2, -0.15) is 0 Å². The first kappa shape index (κ1) is 15.5. The second kappa shape index (κ2) is 8.53. The molecule has 0 radical (unpaired) electrons. The van der Waals surface area contributed by atoms with Gasteiger partial charge in [-0.25, -0.2) is 4.79 Å². The van der Waals surface area contributed by atoms with E-state index in [1.165, 1.54) is 5.56 Å². The lowest BCUT2D eigenvalue weighted by molar-refractivity contribution is 0.183. The Balaban J connectivity index is 2.16. The molecule has 0 saturated carbocycles. The Morgan fingerprint density at radius 3 is 2.53 bits per heavy atom. The van der Waals surface area contributed by atoms with Gasteiger partial charge in [0, 0.05) is 12.6 Å². The van der Waals surface area contributed by atoms with Crippen LogP contribution in [0.4, 0.5) is 4.79 Å². The molecule has 19 heavy (non-hydrogen) atoms. The smallest absolute Gasteiger partial charge is 0.314 e. The number of aryl methyl sites for hydroxylation is 1. The second-order valence-electron chi connectivity index (χ2n) is 4.96. The fourth-order valence-electron chi connectivity index (χ4n) is 1.77. The van der Waals surface area contributed by atoms with E-state index < -0.39 is 0 Å². The standard InChI is InChI=1S/C15H24N2O2/c1-12(8-9-14-6-4-3-5-7-14)17-15(19)16-11-10-13(2)18/h3-7,12-13,18H,8-11H2,1-2H3,(H2,16,17,19). The molecule has 1 rings (SSSR count). The maximum Gasteiger partial charge on any atom is 0.314 e. The molecule has 0 heterocycles. The van der Waals surface area contributed by atoms with Gasteiger partial charge in [0.2, 0.25) is 0 Å². The third-order valence-corrected chi connectivity index (χ3v) is 2.93. The molecule has 2 atom stereocenters. The summed E-state index contributed by atoms with van der Waals surface area (Å²) in [6.45, 7) is 4.20. The Morgan fingerprint density at radius 2 is 1.89 bits per heavy atom. The predicted octanol–water partition coefficient (Wildman–Crippen LogP) is 2.08. The van der Waals surface area contributed by atoms with Crippen LogP contribution in [0.1, 0.15) is 32.3 Å². The van der Waals surface area contributed by atoms with Crippen molar-refractivity contribution in [3.05, 3.63) is 35.9 Å². The average molecular weight is 264 g/mol. The molecule has 1 aromatic rings. The molecular formula is C15H24N2O2. The van der Waals surface area contributed by atoms with Gasteiger partial charge in [-0.15, -0.1) is 0 Å². The Morgan fingerprint density at radius 1 is 1.21 bits per heavy atom. The number of aliphatic hydroxyl groups excluding tert-OH is 1. The van der Waals surface area contributed by atoms with E-state index in [4.69, 9.17) is 5.11 Å². The van der Waals surface area contributed by atoms with Crippen LogP contribution in [-0.2, 0) is 6.42 Å². The van der Waals surface area contributed by atoms with E-state index >= 15 is 0 Å². The maximum atomic E-state index is 11.5. The highest BCUT2D eigenvalue weighted by atomic mass is 16.3. The first-order chi connectivity index (χ1) is 9.08. The number of carbonyl (C=O) groups excluding carboxylic acids is 1. The van der Waals surface area contributed by atoms with E-state index in [0.717, 1.165) is 12.8 Å². The van der Waals surface area contributed by atoms with Crippen molar-refractivity contribution in [2.75, 3.05) is 6.54 Å². The average Bonchev–Trinajstić information content (AvgIpc) is 2.37. The molecule has 1 aromatic carbocycles. The van der Waals surface area contributed by atoms with E-state index in [1.54, 1.807) is 6.92 Å². The first-order valence-electron chi connectivity index (χ1n) is 6.84. The van der Waals surface area contributed by atoms with Crippen molar-refractivity contribution < 1.29 is 9.90 Å². The van der Waals surface area contributed by atoms with Crippen molar-refractivity contribution in [3.8, 4) is 0 Å². The molecule has 4 heteroatoms. The molecule has 2 unspecified atom stereocenters. The molecule has 2 amide bonds. The van der Waals surface area contributed by atoms with Crippen molar-refractivity contribution in [1.29, 1.82) is 0 Å². The second-order valence-corrected chi connectivity index (χ2v) is 4.96. The summed E-state index contributed by atoms with van der Waals surface area (Å²) in [6.07, 6.45) is 2.06. The van der Waals surface area contributed by atoms with Gasteiger partial charge in [0.15, 0.2) is 0 Å². The van der Waals surface area contributed by atoms with Crippen molar-refractivity contribution in [1.82, 2.24) is 10.6 Å². The molecule has 0 aliphatic heterocycles. The van der Waals surface area contributed by atoms with Crippen molar-refractivity contribution in [3.63, 3.8) is 0 Å². The van der Waals surface area contributed by atoms with E-state index in [9.17, 15) is 4.79 Å². The Bertz CT molecular complexity index is 366. The van der Waals surface area contributed by atoms with Gasteiger partial charge in [0.25, 0.3) is 0 Å². The molecule has 0 bridgehead atoms. The van der Waals surface area contributed by atoms with Crippen LogP contribution in [0.5, 0.6) is 0 Å². The van der Waals surface area contributed by atoms with Crippen LogP contribution in [0.15, 0.2) is 30.3 Å². The minimum absolute atomic E-state index is 0.131. The number of hydrogen-bond acceptors (Lipinski definition) is 2. The highest BCUT2D eigenvalue weighted by molar-refractivity contribution is 5.74. The zero-order valence-corrected chi connectivity index (χ0v) is 11.7. The Kier molecular flexibility index (Phi) is 6.97. The molecule has 0 aromatic heterocycles. The summed E-state index contributed by atoms with van der Waals surface area (Å²) in [5.74, 6) is 0. The molecule has 106 valence electrons. The van der Waals surface area contributed by atoms with Gasteiger partial charge >= 0.3 is 6.03 Å². The minimum Gasteiger partial charge on any atom is -0.393 e. The number of benzene rings is 1. The number of amides is 2. The normalized spacial score (nSPS) is 13.6. The van der Waals surface area contributed by atoms with Gasteiger partial charge in [-0.3, -0.25) is 0 Å². The lowest BCUT2D eigenvalue weighted by Crippen LogP contribution is -2.41. The van der Waals surface area contributed by atoms with E-state index in [1.807, 2.05) is 25.1 Å². The van der Waals surface area contributed by atoms with Crippen molar-refractivity contribution in [2.45, 2.75) is 45.3 Å². The lowest BCUT2D eigenvalue weighted by Gasteiger charge is -2.15. The number of hydrogen-bond donors (Lipinski definition) is 3. The molecule has 4 nitrogen and oxygen atoms in total. The fourth-order valence-corrected chi connectivity index (χ4v) is 1.77. The van der Waals surface area contributed by atoms with Crippen LogP contribution in [0.25, 0.3) is 0 Å². The molecule has 3 N–H and O–H groups in total. The van der Waals surface area contributed by atoms with Gasteiger partial charge in [0.1, 0.15) is 0 Å². The summed E-state index contributed by atoms with van der Waals surface area (Å²) < 4.78 is 0. The molecule has 0 aliphatic rings. The van der Waals surface area contributed by atoms with Crippen molar-refractivity contribution in [2.24, 2.45) is 0 Å². The van der Waals surface area contributed by atoms with Gasteiger partial charge in [-0.1, -0.05) is 30.3 Å². The Hall–Kier alpha value is -1.55. The molecule has 0 spiro atoms. The Labute approximate surface area is 115 Å². The number of carbonyl (C=O) groups is 1. The highest BCUT2D eigenvalue weighted by Gasteiger charge is 2.07. The van der Waals surface area contributed by atoms with Gasteiger partial charge < -0.3 is 15.7 Å². The summed E-state index contributed by atoms with van der Waals surface area (Å²) in [5.41, 5.74) is 1.28. The maximum absolute atomic E-state index is 11.5. The van der Waals surface area contributed by atoms with Gasteiger partial charge in [0.05, 0.1) is 6.10 Å². The quantitative estimate of drug-likeness (QED) is 0.706. The highest BCUT2D eigenvalue weighted by Crippen LogP contribution is 2.04. The van der Waals surface area contributed by atoms with E-state index in [2.05, 4.69) is 22.8 Å². The number of rotatable bonds is 7.